The summed E-state index contributed by atoms with van der Waals surface area (Å²) in [6.07, 6.45) is 3.35. The molecule has 24 heavy (non-hydrogen) atoms. The summed E-state index contributed by atoms with van der Waals surface area (Å²) >= 11 is 0. The van der Waals surface area contributed by atoms with E-state index in [1.54, 1.807) is 7.05 Å². The van der Waals surface area contributed by atoms with Crippen LogP contribution in [0.5, 0.6) is 0 Å². The van der Waals surface area contributed by atoms with Crippen LogP contribution in [0, 0.1) is 11.7 Å². The molecular formula is C18H30FIN4. The van der Waals surface area contributed by atoms with Crippen molar-refractivity contribution in [2.45, 2.75) is 26.2 Å². The summed E-state index contributed by atoms with van der Waals surface area (Å²) in [6, 6.07) is 6.66. The van der Waals surface area contributed by atoms with Crippen LogP contribution in [0.15, 0.2) is 29.3 Å². The second-order valence-corrected chi connectivity index (χ2v) is 6.21. The zero-order valence-electron chi connectivity index (χ0n) is 14.7. The molecule has 0 amide bonds. The molecule has 1 aliphatic heterocycles. The standard InChI is InChI=1S/C18H29FN4.HI/c1-3-11-23-12-9-16(14-23)13-22-18(20-2)21-10-8-15-4-6-17(19)7-5-15;/h4-7,16H,3,8-14H2,1-2H3,(H2,20,21,22);1H. The molecule has 1 aromatic carbocycles. The molecule has 6 heteroatoms. The highest BCUT2D eigenvalue weighted by molar-refractivity contribution is 14.0. The van der Waals surface area contributed by atoms with Crippen molar-refractivity contribution in [3.63, 3.8) is 0 Å². The lowest BCUT2D eigenvalue weighted by Gasteiger charge is -2.17. The summed E-state index contributed by atoms with van der Waals surface area (Å²) in [5.74, 6) is 1.37. The van der Waals surface area contributed by atoms with Gasteiger partial charge in [0.2, 0.25) is 0 Å². The van der Waals surface area contributed by atoms with Gasteiger partial charge in [0, 0.05) is 26.7 Å². The fourth-order valence-electron chi connectivity index (χ4n) is 3.04. The second-order valence-electron chi connectivity index (χ2n) is 6.21. The molecule has 136 valence electrons. The van der Waals surface area contributed by atoms with Crippen LogP contribution in [0.2, 0.25) is 0 Å². The molecule has 0 saturated carbocycles. The van der Waals surface area contributed by atoms with Gasteiger partial charge < -0.3 is 15.5 Å². The fraction of sp³-hybridized carbons (Fsp3) is 0.611. The topological polar surface area (TPSA) is 39.7 Å². The van der Waals surface area contributed by atoms with Gasteiger partial charge in [0.1, 0.15) is 5.82 Å². The molecule has 4 nitrogen and oxygen atoms in total. The Hall–Kier alpha value is -0.890. The minimum Gasteiger partial charge on any atom is -0.356 e. The number of benzene rings is 1. The Kier molecular flexibility index (Phi) is 10.2. The van der Waals surface area contributed by atoms with Crippen molar-refractivity contribution in [2.24, 2.45) is 10.9 Å². The lowest BCUT2D eigenvalue weighted by molar-refractivity contribution is 0.324. The van der Waals surface area contributed by atoms with Gasteiger partial charge in [0.15, 0.2) is 5.96 Å². The average Bonchev–Trinajstić information content (AvgIpc) is 3.00. The first-order chi connectivity index (χ1) is 11.2. The van der Waals surface area contributed by atoms with E-state index in [2.05, 4.69) is 27.4 Å². The lowest BCUT2D eigenvalue weighted by atomic mass is 10.1. The van der Waals surface area contributed by atoms with E-state index in [1.165, 1.54) is 44.6 Å². The molecule has 1 aromatic rings. The van der Waals surface area contributed by atoms with E-state index in [4.69, 9.17) is 0 Å². The number of hydrogen-bond acceptors (Lipinski definition) is 2. The molecule has 1 unspecified atom stereocenters. The van der Waals surface area contributed by atoms with Crippen LogP contribution >= 0.6 is 24.0 Å². The Bertz CT molecular complexity index is 492. The van der Waals surface area contributed by atoms with Crippen LogP contribution in [-0.4, -0.2) is 50.6 Å². The van der Waals surface area contributed by atoms with Crippen LogP contribution < -0.4 is 10.6 Å². The minimum atomic E-state index is -0.187. The number of rotatable bonds is 7. The van der Waals surface area contributed by atoms with E-state index in [-0.39, 0.29) is 29.8 Å². The van der Waals surface area contributed by atoms with E-state index in [0.717, 1.165) is 31.0 Å². The predicted octanol–water partition coefficient (Wildman–Crippen LogP) is 2.88. The zero-order valence-corrected chi connectivity index (χ0v) is 17.1. The summed E-state index contributed by atoms with van der Waals surface area (Å²) in [5, 5.41) is 6.75. The van der Waals surface area contributed by atoms with E-state index >= 15 is 0 Å². The number of likely N-dealkylation sites (tertiary alicyclic amines) is 1. The van der Waals surface area contributed by atoms with Crippen molar-refractivity contribution in [3.05, 3.63) is 35.6 Å². The molecule has 2 N–H and O–H groups in total. The summed E-state index contributed by atoms with van der Waals surface area (Å²) in [6.45, 7) is 7.61. The van der Waals surface area contributed by atoms with E-state index < -0.39 is 0 Å². The van der Waals surface area contributed by atoms with Gasteiger partial charge in [0.25, 0.3) is 0 Å². The van der Waals surface area contributed by atoms with Crippen LogP contribution in [-0.2, 0) is 6.42 Å². The van der Waals surface area contributed by atoms with Gasteiger partial charge in [-0.1, -0.05) is 19.1 Å². The van der Waals surface area contributed by atoms with Crippen molar-refractivity contribution in [3.8, 4) is 0 Å². The highest BCUT2D eigenvalue weighted by Gasteiger charge is 2.21. The van der Waals surface area contributed by atoms with Crippen molar-refractivity contribution in [2.75, 3.05) is 39.8 Å². The number of halogens is 2. The molecule has 2 rings (SSSR count). The van der Waals surface area contributed by atoms with Crippen molar-refractivity contribution in [1.29, 1.82) is 0 Å². The monoisotopic (exact) mass is 448 g/mol. The summed E-state index contributed by atoms with van der Waals surface area (Å²) in [4.78, 5) is 6.81. The second kappa shape index (κ2) is 11.6. The van der Waals surface area contributed by atoms with Crippen molar-refractivity contribution >= 4 is 29.9 Å². The third-order valence-electron chi connectivity index (χ3n) is 4.31. The van der Waals surface area contributed by atoms with Gasteiger partial charge in [0.05, 0.1) is 0 Å². The lowest BCUT2D eigenvalue weighted by Crippen LogP contribution is -2.41. The highest BCUT2D eigenvalue weighted by Crippen LogP contribution is 2.15. The largest absolute Gasteiger partial charge is 0.356 e. The van der Waals surface area contributed by atoms with Gasteiger partial charge in [-0.2, -0.15) is 0 Å². The first-order valence-electron chi connectivity index (χ1n) is 8.62. The summed E-state index contributed by atoms with van der Waals surface area (Å²) < 4.78 is 12.9. The van der Waals surface area contributed by atoms with Gasteiger partial charge in [-0.25, -0.2) is 4.39 Å². The molecule has 0 spiro atoms. The van der Waals surface area contributed by atoms with Crippen LogP contribution in [0.1, 0.15) is 25.3 Å². The normalized spacial score (nSPS) is 18.3. The summed E-state index contributed by atoms with van der Waals surface area (Å²) in [7, 11) is 1.80. The SMILES string of the molecule is CCCN1CCC(CNC(=NC)NCCc2ccc(F)cc2)C1.I. The van der Waals surface area contributed by atoms with Crippen LogP contribution in [0.3, 0.4) is 0 Å². The maximum atomic E-state index is 12.9. The van der Waals surface area contributed by atoms with Gasteiger partial charge in [-0.3, -0.25) is 4.99 Å². The van der Waals surface area contributed by atoms with Crippen molar-refractivity contribution in [1.82, 2.24) is 15.5 Å². The first-order valence-corrected chi connectivity index (χ1v) is 8.62. The fourth-order valence-corrected chi connectivity index (χ4v) is 3.04. The maximum absolute atomic E-state index is 12.9. The summed E-state index contributed by atoms with van der Waals surface area (Å²) in [5.41, 5.74) is 1.13. The molecule has 0 aromatic heterocycles. The molecule has 0 bridgehead atoms. The first kappa shape index (κ1) is 21.2. The third kappa shape index (κ3) is 7.34. The molecule has 1 heterocycles. The van der Waals surface area contributed by atoms with E-state index in [0.29, 0.717) is 5.92 Å². The Morgan fingerprint density at radius 3 is 2.71 bits per heavy atom. The number of hydrogen-bond donors (Lipinski definition) is 2. The molecule has 1 atom stereocenters. The zero-order chi connectivity index (χ0) is 16.5. The van der Waals surface area contributed by atoms with Crippen LogP contribution in [0.4, 0.5) is 4.39 Å². The van der Waals surface area contributed by atoms with E-state index in [1.807, 2.05) is 12.1 Å². The molecule has 0 aliphatic carbocycles. The van der Waals surface area contributed by atoms with Gasteiger partial charge in [-0.05, 0) is 56.0 Å². The molecule has 1 fully saturated rings. The molecule has 1 saturated heterocycles. The maximum Gasteiger partial charge on any atom is 0.190 e. The minimum absolute atomic E-state index is 0. The number of nitrogens with one attached hydrogen (secondary N) is 2. The molecule has 1 aliphatic rings. The molecular weight excluding hydrogens is 418 g/mol. The number of aliphatic imine (C=N–C) groups is 1. The van der Waals surface area contributed by atoms with Crippen LogP contribution in [0.25, 0.3) is 0 Å². The number of nitrogens with zero attached hydrogens (tertiary/aromatic N) is 2. The third-order valence-corrected chi connectivity index (χ3v) is 4.31. The Morgan fingerprint density at radius 1 is 1.29 bits per heavy atom. The Balaban J connectivity index is 0.00000288. The van der Waals surface area contributed by atoms with Gasteiger partial charge in [-0.15, -0.1) is 24.0 Å². The molecule has 0 radical (unpaired) electrons. The average molecular weight is 448 g/mol. The Morgan fingerprint density at radius 2 is 2.04 bits per heavy atom. The van der Waals surface area contributed by atoms with E-state index in [9.17, 15) is 4.39 Å². The van der Waals surface area contributed by atoms with Gasteiger partial charge >= 0.3 is 0 Å². The smallest absolute Gasteiger partial charge is 0.190 e. The number of guanidine groups is 1. The highest BCUT2D eigenvalue weighted by atomic mass is 127. The quantitative estimate of drug-likeness (QED) is 0.383. The van der Waals surface area contributed by atoms with Crippen molar-refractivity contribution < 1.29 is 4.39 Å². The predicted molar refractivity (Wildman–Crippen MR) is 110 cm³/mol. The Labute approximate surface area is 162 Å².